The summed E-state index contributed by atoms with van der Waals surface area (Å²) in [5.74, 6) is -1.29. The second kappa shape index (κ2) is 5.79. The van der Waals surface area contributed by atoms with Crippen LogP contribution in [0.4, 0.5) is 8.78 Å². The number of halogens is 2. The Bertz CT molecular complexity index is 546. The van der Waals surface area contributed by atoms with Crippen molar-refractivity contribution in [1.82, 2.24) is 9.55 Å². The molecule has 0 spiro atoms. The van der Waals surface area contributed by atoms with Crippen LogP contribution in [0, 0.1) is 11.6 Å². The van der Waals surface area contributed by atoms with Gasteiger partial charge in [0, 0.05) is 25.5 Å². The number of rotatable bonds is 5. The Kier molecular flexibility index (Phi) is 4.11. The van der Waals surface area contributed by atoms with Gasteiger partial charge in [-0.2, -0.15) is 0 Å². The third-order valence-corrected chi connectivity index (χ3v) is 2.78. The van der Waals surface area contributed by atoms with Gasteiger partial charge in [0.25, 0.3) is 0 Å². The monoisotopic (exact) mass is 267 g/mol. The summed E-state index contributed by atoms with van der Waals surface area (Å²) in [5, 5.41) is 0. The summed E-state index contributed by atoms with van der Waals surface area (Å²) in [6, 6.07) is 2.34. The van der Waals surface area contributed by atoms with E-state index in [1.54, 1.807) is 12.4 Å². The molecule has 1 heterocycles. The number of hydrogen-bond acceptors (Lipinski definition) is 3. The van der Waals surface area contributed by atoms with Gasteiger partial charge in [0.15, 0.2) is 17.4 Å². The first-order valence-corrected chi connectivity index (χ1v) is 5.96. The van der Waals surface area contributed by atoms with E-state index in [1.165, 1.54) is 12.1 Å². The van der Waals surface area contributed by atoms with Gasteiger partial charge < -0.3 is 15.0 Å². The minimum atomic E-state index is -0.755. The Labute approximate surface area is 109 Å². The molecule has 2 aromatic rings. The molecule has 4 nitrogen and oxygen atoms in total. The maximum absolute atomic E-state index is 13.7. The normalized spacial score (nSPS) is 10.7. The maximum Gasteiger partial charge on any atom is 0.191 e. The van der Waals surface area contributed by atoms with E-state index in [1.807, 2.05) is 11.5 Å². The SMILES string of the molecule is CCn1ccnc1COc1c(F)cc(CN)cc1F. The van der Waals surface area contributed by atoms with Crippen molar-refractivity contribution in [2.45, 2.75) is 26.6 Å². The first kappa shape index (κ1) is 13.5. The van der Waals surface area contributed by atoms with E-state index in [0.717, 1.165) is 6.54 Å². The van der Waals surface area contributed by atoms with Gasteiger partial charge in [0.2, 0.25) is 0 Å². The molecular formula is C13H15F2N3O. The Hall–Kier alpha value is -1.95. The quantitative estimate of drug-likeness (QED) is 0.903. The van der Waals surface area contributed by atoms with E-state index in [0.29, 0.717) is 11.4 Å². The molecule has 2 rings (SSSR count). The number of imidazole rings is 1. The van der Waals surface area contributed by atoms with E-state index in [2.05, 4.69) is 4.98 Å². The third-order valence-electron chi connectivity index (χ3n) is 2.78. The van der Waals surface area contributed by atoms with Crippen LogP contribution in [0.25, 0.3) is 0 Å². The Morgan fingerprint density at radius 3 is 2.58 bits per heavy atom. The molecule has 0 unspecified atom stereocenters. The summed E-state index contributed by atoms with van der Waals surface area (Å²) >= 11 is 0. The van der Waals surface area contributed by atoms with Gasteiger partial charge in [0.05, 0.1) is 0 Å². The van der Waals surface area contributed by atoms with Crippen LogP contribution in [0.3, 0.4) is 0 Å². The zero-order chi connectivity index (χ0) is 13.8. The Morgan fingerprint density at radius 2 is 2.00 bits per heavy atom. The second-order valence-corrected chi connectivity index (χ2v) is 4.01. The van der Waals surface area contributed by atoms with Crippen LogP contribution in [0.1, 0.15) is 18.3 Å². The highest BCUT2D eigenvalue weighted by atomic mass is 19.1. The summed E-state index contributed by atoms with van der Waals surface area (Å²) in [7, 11) is 0. The van der Waals surface area contributed by atoms with Crippen LogP contribution in [0.15, 0.2) is 24.5 Å². The number of ether oxygens (including phenoxy) is 1. The lowest BCUT2D eigenvalue weighted by atomic mass is 10.2. The number of nitrogens with two attached hydrogens (primary N) is 1. The standard InChI is InChI=1S/C13H15F2N3O/c1-2-18-4-3-17-12(18)8-19-13-10(14)5-9(7-16)6-11(13)15/h3-6H,2,7-8,16H2,1H3. The summed E-state index contributed by atoms with van der Waals surface area (Å²) in [5.41, 5.74) is 5.73. The highest BCUT2D eigenvalue weighted by Gasteiger charge is 2.13. The fraction of sp³-hybridized carbons (Fsp3) is 0.308. The molecule has 0 amide bonds. The van der Waals surface area contributed by atoms with E-state index >= 15 is 0 Å². The van der Waals surface area contributed by atoms with Gasteiger partial charge in [-0.15, -0.1) is 0 Å². The molecule has 6 heteroatoms. The molecule has 0 saturated heterocycles. The molecule has 0 aliphatic heterocycles. The van der Waals surface area contributed by atoms with Crippen molar-refractivity contribution < 1.29 is 13.5 Å². The van der Waals surface area contributed by atoms with Gasteiger partial charge in [-0.1, -0.05) is 0 Å². The van der Waals surface area contributed by atoms with Crippen molar-refractivity contribution in [2.24, 2.45) is 5.73 Å². The first-order chi connectivity index (χ1) is 9.15. The summed E-state index contributed by atoms with van der Waals surface area (Å²) in [4.78, 5) is 4.07. The molecule has 0 fully saturated rings. The minimum absolute atomic E-state index is 0.0106. The average Bonchev–Trinajstić information content (AvgIpc) is 2.85. The summed E-state index contributed by atoms with van der Waals surface area (Å²) in [6.07, 6.45) is 3.40. The fourth-order valence-electron chi connectivity index (χ4n) is 1.77. The molecule has 102 valence electrons. The van der Waals surface area contributed by atoms with Crippen LogP contribution in [0.5, 0.6) is 5.75 Å². The number of nitrogens with zero attached hydrogens (tertiary/aromatic N) is 2. The van der Waals surface area contributed by atoms with Crippen molar-refractivity contribution in [3.8, 4) is 5.75 Å². The average molecular weight is 267 g/mol. The molecule has 1 aromatic heterocycles. The van der Waals surface area contributed by atoms with Crippen molar-refractivity contribution in [3.63, 3.8) is 0 Å². The highest BCUT2D eigenvalue weighted by Crippen LogP contribution is 2.24. The maximum atomic E-state index is 13.7. The number of hydrogen-bond donors (Lipinski definition) is 1. The molecular weight excluding hydrogens is 252 g/mol. The van der Waals surface area contributed by atoms with E-state index in [4.69, 9.17) is 10.5 Å². The van der Waals surface area contributed by atoms with Gasteiger partial charge in [-0.3, -0.25) is 0 Å². The molecule has 1 aromatic carbocycles. The van der Waals surface area contributed by atoms with Crippen molar-refractivity contribution in [3.05, 3.63) is 47.5 Å². The van der Waals surface area contributed by atoms with Crippen LogP contribution in [-0.2, 0) is 19.7 Å². The summed E-state index contributed by atoms with van der Waals surface area (Å²) < 4.78 is 34.3. The van der Waals surface area contributed by atoms with Crippen molar-refractivity contribution >= 4 is 0 Å². The zero-order valence-corrected chi connectivity index (χ0v) is 10.6. The Balaban J connectivity index is 2.16. The molecule has 0 aliphatic carbocycles. The van der Waals surface area contributed by atoms with Crippen molar-refractivity contribution in [2.75, 3.05) is 0 Å². The number of aromatic nitrogens is 2. The zero-order valence-electron chi connectivity index (χ0n) is 10.6. The highest BCUT2D eigenvalue weighted by molar-refractivity contribution is 5.31. The van der Waals surface area contributed by atoms with Crippen LogP contribution < -0.4 is 10.5 Å². The predicted molar refractivity (Wildman–Crippen MR) is 66.5 cm³/mol. The lowest BCUT2D eigenvalue weighted by molar-refractivity contribution is 0.261. The smallest absolute Gasteiger partial charge is 0.191 e. The van der Waals surface area contributed by atoms with Gasteiger partial charge in [-0.05, 0) is 24.6 Å². The molecule has 2 N–H and O–H groups in total. The minimum Gasteiger partial charge on any atom is -0.480 e. The Morgan fingerprint density at radius 1 is 1.32 bits per heavy atom. The molecule has 0 atom stereocenters. The predicted octanol–water partition coefficient (Wildman–Crippen LogP) is 2.22. The first-order valence-electron chi connectivity index (χ1n) is 5.96. The lowest BCUT2D eigenvalue weighted by Gasteiger charge is -2.10. The van der Waals surface area contributed by atoms with E-state index < -0.39 is 17.4 Å². The van der Waals surface area contributed by atoms with E-state index in [-0.39, 0.29) is 13.2 Å². The number of benzene rings is 1. The molecule has 19 heavy (non-hydrogen) atoms. The molecule has 0 saturated carbocycles. The van der Waals surface area contributed by atoms with Crippen LogP contribution >= 0.6 is 0 Å². The number of aryl methyl sites for hydroxylation is 1. The molecule has 0 aliphatic rings. The van der Waals surface area contributed by atoms with E-state index in [9.17, 15) is 8.78 Å². The lowest BCUT2D eigenvalue weighted by Crippen LogP contribution is -2.08. The van der Waals surface area contributed by atoms with Crippen LogP contribution in [0.2, 0.25) is 0 Å². The largest absolute Gasteiger partial charge is 0.480 e. The van der Waals surface area contributed by atoms with Crippen LogP contribution in [-0.4, -0.2) is 9.55 Å². The van der Waals surface area contributed by atoms with Gasteiger partial charge in [-0.25, -0.2) is 13.8 Å². The topological polar surface area (TPSA) is 53.1 Å². The summed E-state index contributed by atoms with van der Waals surface area (Å²) in [6.45, 7) is 2.75. The van der Waals surface area contributed by atoms with Gasteiger partial charge in [0.1, 0.15) is 12.4 Å². The molecule has 0 radical (unpaired) electrons. The second-order valence-electron chi connectivity index (χ2n) is 4.01. The van der Waals surface area contributed by atoms with Gasteiger partial charge >= 0.3 is 0 Å². The molecule has 0 bridgehead atoms. The third kappa shape index (κ3) is 2.90. The van der Waals surface area contributed by atoms with Crippen molar-refractivity contribution in [1.29, 1.82) is 0 Å². The fourth-order valence-corrected chi connectivity index (χ4v) is 1.77.